The van der Waals surface area contributed by atoms with Crippen molar-refractivity contribution >= 4 is 11.9 Å². The van der Waals surface area contributed by atoms with Crippen molar-refractivity contribution in [2.24, 2.45) is 0 Å². The number of nitriles is 1. The van der Waals surface area contributed by atoms with Crippen LogP contribution in [0.4, 0.5) is 0 Å². The fraction of sp³-hybridized carbons (Fsp3) is 0.111. The summed E-state index contributed by atoms with van der Waals surface area (Å²) in [5, 5.41) is 18.8. The van der Waals surface area contributed by atoms with E-state index >= 15 is 0 Å². The second-order valence-electron chi connectivity index (χ2n) is 4.80. The fourth-order valence-corrected chi connectivity index (χ4v) is 1.96. The summed E-state index contributed by atoms with van der Waals surface area (Å²) >= 11 is 0. The number of aryl methyl sites for hydroxylation is 1. The minimum atomic E-state index is -0.338. The number of nitrogens with zero attached hydrogens (tertiary/aromatic N) is 1. The minimum absolute atomic E-state index is 0.00280. The lowest BCUT2D eigenvalue weighted by atomic mass is 10.0. The average molecular weight is 293 g/mol. The van der Waals surface area contributed by atoms with Crippen LogP contribution in [-0.4, -0.2) is 18.0 Å². The molecule has 4 heteroatoms. The van der Waals surface area contributed by atoms with Crippen molar-refractivity contribution in [2.75, 3.05) is 7.11 Å². The van der Waals surface area contributed by atoms with E-state index in [4.69, 9.17) is 4.74 Å². The number of aromatic hydroxyl groups is 1. The number of ether oxygens (including phenoxy) is 1. The number of carbonyl (C=O) groups is 1. The molecule has 0 heterocycles. The van der Waals surface area contributed by atoms with E-state index in [1.807, 2.05) is 25.1 Å². The first-order valence-electron chi connectivity index (χ1n) is 6.65. The third-order valence-corrected chi connectivity index (χ3v) is 3.19. The van der Waals surface area contributed by atoms with Gasteiger partial charge < -0.3 is 9.84 Å². The Hall–Kier alpha value is -3.06. The number of Topliss-reactive ketones (excluding diaryl/α,β-unsaturated/α-hetero) is 1. The van der Waals surface area contributed by atoms with Gasteiger partial charge >= 0.3 is 0 Å². The van der Waals surface area contributed by atoms with Crippen LogP contribution in [0.25, 0.3) is 6.08 Å². The van der Waals surface area contributed by atoms with Crippen LogP contribution in [0.1, 0.15) is 21.5 Å². The Labute approximate surface area is 128 Å². The van der Waals surface area contributed by atoms with E-state index in [0.29, 0.717) is 11.1 Å². The molecule has 0 aliphatic carbocycles. The molecule has 0 aromatic heterocycles. The van der Waals surface area contributed by atoms with Gasteiger partial charge in [-0.15, -0.1) is 0 Å². The van der Waals surface area contributed by atoms with Crippen LogP contribution < -0.4 is 4.74 Å². The molecule has 0 saturated carbocycles. The van der Waals surface area contributed by atoms with Crippen LogP contribution in [0, 0.1) is 18.3 Å². The zero-order valence-corrected chi connectivity index (χ0v) is 12.3. The molecule has 2 rings (SSSR count). The number of hydrogen-bond acceptors (Lipinski definition) is 4. The summed E-state index contributed by atoms with van der Waals surface area (Å²) in [5.41, 5.74) is 2.13. The minimum Gasteiger partial charge on any atom is -0.504 e. The molecule has 0 amide bonds. The highest BCUT2D eigenvalue weighted by atomic mass is 16.5. The zero-order valence-electron chi connectivity index (χ0n) is 12.3. The topological polar surface area (TPSA) is 70.3 Å². The molecule has 0 unspecified atom stereocenters. The van der Waals surface area contributed by atoms with Gasteiger partial charge in [-0.1, -0.05) is 35.9 Å². The summed E-state index contributed by atoms with van der Waals surface area (Å²) in [6.45, 7) is 1.93. The Morgan fingerprint density at radius 2 is 1.91 bits per heavy atom. The summed E-state index contributed by atoms with van der Waals surface area (Å²) < 4.78 is 5.01. The summed E-state index contributed by atoms with van der Waals surface area (Å²) in [6, 6.07) is 13.6. The van der Waals surface area contributed by atoms with E-state index in [1.54, 1.807) is 24.3 Å². The van der Waals surface area contributed by atoms with E-state index in [-0.39, 0.29) is 22.9 Å². The molecular weight excluding hydrogens is 278 g/mol. The Morgan fingerprint density at radius 3 is 2.50 bits per heavy atom. The van der Waals surface area contributed by atoms with Crippen molar-refractivity contribution in [2.45, 2.75) is 6.92 Å². The number of rotatable bonds is 4. The number of benzene rings is 2. The van der Waals surface area contributed by atoms with Gasteiger partial charge in [0.25, 0.3) is 0 Å². The van der Waals surface area contributed by atoms with Gasteiger partial charge in [0.15, 0.2) is 11.5 Å². The smallest absolute Gasteiger partial charge is 0.203 e. The Bertz CT molecular complexity index is 768. The first kappa shape index (κ1) is 15.3. The lowest BCUT2D eigenvalue weighted by Gasteiger charge is -2.05. The highest BCUT2D eigenvalue weighted by Crippen LogP contribution is 2.27. The molecule has 0 fully saturated rings. The van der Waals surface area contributed by atoms with Crippen molar-refractivity contribution in [3.05, 3.63) is 64.7 Å². The molecule has 0 atom stereocenters. The maximum atomic E-state index is 12.3. The molecule has 0 aliphatic rings. The number of hydrogen-bond donors (Lipinski definition) is 1. The first-order chi connectivity index (χ1) is 10.5. The average Bonchev–Trinajstić information content (AvgIpc) is 2.54. The predicted molar refractivity (Wildman–Crippen MR) is 83.8 cm³/mol. The van der Waals surface area contributed by atoms with Crippen molar-refractivity contribution < 1.29 is 14.6 Å². The van der Waals surface area contributed by atoms with Crippen molar-refractivity contribution in [1.82, 2.24) is 0 Å². The lowest BCUT2D eigenvalue weighted by Crippen LogP contribution is -2.01. The Morgan fingerprint density at radius 1 is 1.23 bits per heavy atom. The SMILES string of the molecule is COc1cc(C=C(C#N)C(=O)c2ccc(C)cc2)ccc1O. The van der Waals surface area contributed by atoms with E-state index in [0.717, 1.165) is 5.56 Å². The number of ketones is 1. The Kier molecular flexibility index (Phi) is 4.60. The van der Waals surface area contributed by atoms with Gasteiger partial charge in [-0.05, 0) is 30.7 Å². The summed E-state index contributed by atoms with van der Waals surface area (Å²) in [7, 11) is 1.44. The Balaban J connectivity index is 2.37. The molecule has 4 nitrogen and oxygen atoms in total. The number of carbonyl (C=O) groups excluding carboxylic acids is 1. The number of phenolic OH excluding ortho intramolecular Hbond substituents is 1. The molecule has 2 aromatic carbocycles. The molecule has 0 spiro atoms. The molecule has 0 bridgehead atoms. The van der Waals surface area contributed by atoms with Gasteiger partial charge in [0.1, 0.15) is 11.6 Å². The molecular formula is C18H15NO3. The second kappa shape index (κ2) is 6.59. The maximum absolute atomic E-state index is 12.3. The van der Waals surface area contributed by atoms with E-state index in [9.17, 15) is 15.2 Å². The molecule has 0 aliphatic heterocycles. The van der Waals surface area contributed by atoms with E-state index in [1.165, 1.54) is 19.3 Å². The van der Waals surface area contributed by atoms with Gasteiger partial charge in [0.05, 0.1) is 7.11 Å². The largest absolute Gasteiger partial charge is 0.504 e. The number of methoxy groups -OCH3 is 1. The predicted octanol–water partition coefficient (Wildman–Crippen LogP) is 3.50. The van der Waals surface area contributed by atoms with Crippen LogP contribution in [0.2, 0.25) is 0 Å². The zero-order chi connectivity index (χ0) is 16.1. The number of phenols is 1. The lowest BCUT2D eigenvalue weighted by molar-refractivity contribution is 0.104. The van der Waals surface area contributed by atoms with Gasteiger partial charge in [0, 0.05) is 5.56 Å². The van der Waals surface area contributed by atoms with Crippen LogP contribution in [0.5, 0.6) is 11.5 Å². The second-order valence-corrected chi connectivity index (χ2v) is 4.80. The summed E-state index contributed by atoms with van der Waals surface area (Å²) in [5.74, 6) is -0.0496. The highest BCUT2D eigenvalue weighted by molar-refractivity contribution is 6.14. The molecule has 22 heavy (non-hydrogen) atoms. The van der Waals surface area contributed by atoms with Crippen LogP contribution in [-0.2, 0) is 0 Å². The molecule has 2 aromatic rings. The van der Waals surface area contributed by atoms with E-state index in [2.05, 4.69) is 0 Å². The fourth-order valence-electron chi connectivity index (χ4n) is 1.96. The van der Waals surface area contributed by atoms with Gasteiger partial charge in [-0.3, -0.25) is 4.79 Å². The van der Waals surface area contributed by atoms with Crippen molar-refractivity contribution in [3.63, 3.8) is 0 Å². The summed E-state index contributed by atoms with van der Waals surface area (Å²) in [6.07, 6.45) is 1.48. The maximum Gasteiger partial charge on any atom is 0.203 e. The van der Waals surface area contributed by atoms with Crippen molar-refractivity contribution in [1.29, 1.82) is 5.26 Å². The molecule has 0 saturated heterocycles. The summed E-state index contributed by atoms with van der Waals surface area (Å²) in [4.78, 5) is 12.3. The van der Waals surface area contributed by atoms with Gasteiger partial charge in [-0.2, -0.15) is 5.26 Å². The molecule has 110 valence electrons. The quantitative estimate of drug-likeness (QED) is 0.532. The monoisotopic (exact) mass is 293 g/mol. The van der Waals surface area contributed by atoms with Crippen LogP contribution in [0.15, 0.2) is 48.0 Å². The third-order valence-electron chi connectivity index (χ3n) is 3.19. The highest BCUT2D eigenvalue weighted by Gasteiger charge is 2.12. The third kappa shape index (κ3) is 3.33. The molecule has 1 N–H and O–H groups in total. The first-order valence-corrected chi connectivity index (χ1v) is 6.65. The van der Waals surface area contributed by atoms with Crippen LogP contribution >= 0.6 is 0 Å². The van der Waals surface area contributed by atoms with Crippen molar-refractivity contribution in [3.8, 4) is 17.6 Å². The van der Waals surface area contributed by atoms with Crippen LogP contribution in [0.3, 0.4) is 0 Å². The van der Waals surface area contributed by atoms with E-state index < -0.39 is 0 Å². The van der Waals surface area contributed by atoms with Gasteiger partial charge in [0.2, 0.25) is 5.78 Å². The number of allylic oxidation sites excluding steroid dienone is 1. The van der Waals surface area contributed by atoms with Gasteiger partial charge in [-0.25, -0.2) is 0 Å². The normalized spacial score (nSPS) is 10.9. The molecule has 0 radical (unpaired) electrons. The standard InChI is InChI=1S/C18H15NO3/c1-12-3-6-14(7-4-12)18(21)15(11-19)9-13-5-8-16(20)17(10-13)22-2/h3-10,20H,1-2H3.